The summed E-state index contributed by atoms with van der Waals surface area (Å²) in [6.07, 6.45) is 4.59. The first kappa shape index (κ1) is 11.7. The Morgan fingerprint density at radius 1 is 1.41 bits per heavy atom. The molecule has 2 aromatic rings. The van der Waals surface area contributed by atoms with E-state index < -0.39 is 0 Å². The molecule has 0 aliphatic heterocycles. The highest BCUT2D eigenvalue weighted by atomic mass is 15.3. The molecule has 0 aromatic carbocycles. The van der Waals surface area contributed by atoms with E-state index in [2.05, 4.69) is 30.9 Å². The van der Waals surface area contributed by atoms with Crippen molar-refractivity contribution in [2.24, 2.45) is 7.05 Å². The van der Waals surface area contributed by atoms with Crippen LogP contribution in [0.4, 0.5) is 5.69 Å². The summed E-state index contributed by atoms with van der Waals surface area (Å²) >= 11 is 0. The molecule has 0 radical (unpaired) electrons. The van der Waals surface area contributed by atoms with Gasteiger partial charge in [0, 0.05) is 25.9 Å². The van der Waals surface area contributed by atoms with Crippen LogP contribution in [-0.2, 0) is 13.5 Å². The van der Waals surface area contributed by atoms with E-state index in [0.717, 1.165) is 29.4 Å². The molecule has 2 aromatic heterocycles. The first-order valence-corrected chi connectivity index (χ1v) is 5.91. The van der Waals surface area contributed by atoms with E-state index in [4.69, 9.17) is 5.73 Å². The Kier molecular flexibility index (Phi) is 2.92. The zero-order valence-corrected chi connectivity index (χ0v) is 10.8. The molecule has 0 saturated heterocycles. The lowest BCUT2D eigenvalue weighted by Crippen LogP contribution is -2.07. The van der Waals surface area contributed by atoms with Crippen LogP contribution in [0.2, 0.25) is 0 Å². The lowest BCUT2D eigenvalue weighted by molar-refractivity contribution is 0.686. The minimum absolute atomic E-state index is 0.323. The second-order valence-corrected chi connectivity index (χ2v) is 4.47. The third-order valence-corrected chi connectivity index (χ3v) is 2.89. The minimum atomic E-state index is 0.323. The molecule has 0 aliphatic rings. The summed E-state index contributed by atoms with van der Waals surface area (Å²) in [5.74, 6) is 2.22. The molecule has 2 rings (SSSR count). The molecule has 5 nitrogen and oxygen atoms in total. The van der Waals surface area contributed by atoms with E-state index in [0.29, 0.717) is 5.92 Å². The van der Waals surface area contributed by atoms with E-state index >= 15 is 0 Å². The van der Waals surface area contributed by atoms with Gasteiger partial charge in [-0.05, 0) is 5.92 Å². The third kappa shape index (κ3) is 1.81. The van der Waals surface area contributed by atoms with Gasteiger partial charge in [0.1, 0.15) is 5.82 Å². The molecule has 0 aliphatic carbocycles. The van der Waals surface area contributed by atoms with Crippen molar-refractivity contribution in [3.8, 4) is 5.82 Å². The third-order valence-electron chi connectivity index (χ3n) is 2.89. The molecular formula is C12H19N5. The van der Waals surface area contributed by atoms with E-state index in [1.807, 2.05) is 22.5 Å². The highest BCUT2D eigenvalue weighted by Gasteiger charge is 2.18. The van der Waals surface area contributed by atoms with Crippen molar-refractivity contribution >= 4 is 5.69 Å². The zero-order chi connectivity index (χ0) is 12.6. The predicted molar refractivity (Wildman–Crippen MR) is 68.2 cm³/mol. The van der Waals surface area contributed by atoms with Gasteiger partial charge in [-0.2, -0.15) is 5.10 Å². The van der Waals surface area contributed by atoms with Crippen LogP contribution in [0, 0.1) is 0 Å². The fraction of sp³-hybridized carbons (Fsp3) is 0.500. The van der Waals surface area contributed by atoms with Crippen LogP contribution in [0.5, 0.6) is 0 Å². The largest absolute Gasteiger partial charge is 0.394 e. The maximum absolute atomic E-state index is 6.19. The molecule has 0 fully saturated rings. The number of hydrogen-bond acceptors (Lipinski definition) is 3. The fourth-order valence-electron chi connectivity index (χ4n) is 2.05. The van der Waals surface area contributed by atoms with Crippen molar-refractivity contribution in [2.75, 3.05) is 5.73 Å². The van der Waals surface area contributed by atoms with Gasteiger partial charge in [0.25, 0.3) is 0 Å². The van der Waals surface area contributed by atoms with Gasteiger partial charge in [-0.1, -0.05) is 20.8 Å². The van der Waals surface area contributed by atoms with Crippen molar-refractivity contribution < 1.29 is 0 Å². The average Bonchev–Trinajstić information content (AvgIpc) is 2.83. The van der Waals surface area contributed by atoms with Gasteiger partial charge < -0.3 is 5.73 Å². The molecule has 0 atom stereocenters. The Labute approximate surface area is 101 Å². The highest BCUT2D eigenvalue weighted by molar-refractivity contribution is 5.59. The fourth-order valence-corrected chi connectivity index (χ4v) is 2.05. The Hall–Kier alpha value is -1.78. The monoisotopic (exact) mass is 233 g/mol. The molecule has 0 saturated carbocycles. The minimum Gasteiger partial charge on any atom is -0.394 e. The van der Waals surface area contributed by atoms with Gasteiger partial charge >= 0.3 is 0 Å². The molecule has 2 N–H and O–H groups in total. The van der Waals surface area contributed by atoms with Crippen LogP contribution in [0.1, 0.15) is 38.2 Å². The lowest BCUT2D eigenvalue weighted by atomic mass is 10.1. The van der Waals surface area contributed by atoms with Crippen molar-refractivity contribution in [3.63, 3.8) is 0 Å². The van der Waals surface area contributed by atoms with Gasteiger partial charge in [-0.3, -0.25) is 4.57 Å². The summed E-state index contributed by atoms with van der Waals surface area (Å²) in [6.45, 7) is 6.27. The number of nitrogens with zero attached hydrogens (tertiary/aromatic N) is 4. The second kappa shape index (κ2) is 4.24. The Balaban J connectivity index is 2.60. The van der Waals surface area contributed by atoms with Crippen LogP contribution in [0.15, 0.2) is 12.4 Å². The number of rotatable bonds is 3. The molecule has 5 heteroatoms. The summed E-state index contributed by atoms with van der Waals surface area (Å²) < 4.78 is 3.83. The van der Waals surface area contributed by atoms with Crippen LogP contribution in [0.3, 0.4) is 0 Å². The Bertz CT molecular complexity index is 521. The number of anilines is 1. The molecule has 0 unspecified atom stereocenters. The molecule has 2 heterocycles. The van der Waals surface area contributed by atoms with E-state index in [-0.39, 0.29) is 0 Å². The number of aromatic nitrogens is 4. The molecule has 0 spiro atoms. The molecular weight excluding hydrogens is 214 g/mol. The molecule has 0 amide bonds. The Morgan fingerprint density at radius 3 is 2.65 bits per heavy atom. The van der Waals surface area contributed by atoms with Crippen LogP contribution < -0.4 is 5.73 Å². The van der Waals surface area contributed by atoms with Crippen molar-refractivity contribution in [2.45, 2.75) is 33.1 Å². The summed E-state index contributed by atoms with van der Waals surface area (Å²) in [5.41, 5.74) is 7.88. The van der Waals surface area contributed by atoms with Crippen LogP contribution >= 0.6 is 0 Å². The van der Waals surface area contributed by atoms with Crippen LogP contribution in [0.25, 0.3) is 5.82 Å². The molecule has 0 bridgehead atoms. The van der Waals surface area contributed by atoms with Gasteiger partial charge in [-0.15, -0.1) is 0 Å². The second-order valence-electron chi connectivity index (χ2n) is 4.47. The topological polar surface area (TPSA) is 61.7 Å². The van der Waals surface area contributed by atoms with E-state index in [9.17, 15) is 0 Å². The maximum Gasteiger partial charge on any atom is 0.160 e. The smallest absolute Gasteiger partial charge is 0.160 e. The molecule has 17 heavy (non-hydrogen) atoms. The predicted octanol–water partition coefficient (Wildman–Crippen LogP) is 1.87. The highest BCUT2D eigenvalue weighted by Crippen LogP contribution is 2.27. The quantitative estimate of drug-likeness (QED) is 0.880. The number of hydrogen-bond donors (Lipinski definition) is 1. The Morgan fingerprint density at radius 2 is 2.12 bits per heavy atom. The van der Waals surface area contributed by atoms with Gasteiger partial charge in [0.05, 0.1) is 11.4 Å². The number of nitrogens with two attached hydrogens (primary N) is 1. The first-order valence-electron chi connectivity index (χ1n) is 5.91. The molecule has 92 valence electrons. The summed E-state index contributed by atoms with van der Waals surface area (Å²) in [7, 11) is 1.91. The zero-order valence-electron chi connectivity index (χ0n) is 10.8. The van der Waals surface area contributed by atoms with Gasteiger partial charge in [0.2, 0.25) is 0 Å². The normalized spacial score (nSPS) is 11.4. The van der Waals surface area contributed by atoms with Gasteiger partial charge in [-0.25, -0.2) is 9.67 Å². The summed E-state index contributed by atoms with van der Waals surface area (Å²) in [4.78, 5) is 4.31. The number of nitrogen functional groups attached to an aromatic ring is 1. The van der Waals surface area contributed by atoms with Crippen molar-refractivity contribution in [1.82, 2.24) is 19.3 Å². The number of aryl methyl sites for hydroxylation is 2. The first-order chi connectivity index (χ1) is 8.06. The maximum atomic E-state index is 6.19. The number of imidazole rings is 1. The standard InChI is InChI=1S/C12H19N5/c1-5-9-14-6-7-17(9)12-10(13)11(8(2)3)15-16(12)4/h6-8H,5,13H2,1-4H3. The van der Waals surface area contributed by atoms with Gasteiger partial charge in [0.15, 0.2) is 5.82 Å². The SMILES string of the molecule is CCc1nccn1-c1c(N)c(C(C)C)nn1C. The lowest BCUT2D eigenvalue weighted by Gasteiger charge is -2.08. The summed E-state index contributed by atoms with van der Waals surface area (Å²) in [5, 5.41) is 4.48. The van der Waals surface area contributed by atoms with E-state index in [1.165, 1.54) is 0 Å². The summed E-state index contributed by atoms with van der Waals surface area (Å²) in [6, 6.07) is 0. The van der Waals surface area contributed by atoms with Crippen LogP contribution in [-0.4, -0.2) is 19.3 Å². The van der Waals surface area contributed by atoms with Crippen molar-refractivity contribution in [1.29, 1.82) is 0 Å². The van der Waals surface area contributed by atoms with Crippen molar-refractivity contribution in [3.05, 3.63) is 23.9 Å². The van der Waals surface area contributed by atoms with E-state index in [1.54, 1.807) is 6.20 Å². The average molecular weight is 233 g/mol.